The van der Waals surface area contributed by atoms with Gasteiger partial charge in [-0.25, -0.2) is 0 Å². The van der Waals surface area contributed by atoms with Crippen molar-refractivity contribution in [2.75, 3.05) is 19.8 Å². The summed E-state index contributed by atoms with van der Waals surface area (Å²) in [6.45, 7) is 7.78. The van der Waals surface area contributed by atoms with Crippen molar-refractivity contribution in [2.45, 2.75) is 103 Å². The second-order valence-corrected chi connectivity index (χ2v) is 7.56. The van der Waals surface area contributed by atoms with Crippen molar-refractivity contribution in [1.29, 1.82) is 0 Å². The minimum absolute atomic E-state index is 0.0766. The molecule has 0 saturated carbocycles. The smallest absolute Gasteiger partial charge is 0.306 e. The van der Waals surface area contributed by atoms with Crippen LogP contribution in [0.15, 0.2) is 0 Å². The van der Waals surface area contributed by atoms with E-state index < -0.39 is 0 Å². The van der Waals surface area contributed by atoms with Crippen molar-refractivity contribution in [3.8, 4) is 0 Å². The summed E-state index contributed by atoms with van der Waals surface area (Å²) in [6, 6.07) is 0. The SMILES string of the molecule is CC(C)(C)OC(=O)CCCCCCCCOCCCCCCCO. The molecule has 0 atom stereocenters. The van der Waals surface area contributed by atoms with E-state index in [4.69, 9.17) is 14.6 Å². The molecule has 0 fully saturated rings. The van der Waals surface area contributed by atoms with Crippen LogP contribution in [-0.2, 0) is 14.3 Å². The molecule has 4 heteroatoms. The van der Waals surface area contributed by atoms with Crippen LogP contribution in [0.3, 0.4) is 0 Å². The molecule has 0 aliphatic carbocycles. The van der Waals surface area contributed by atoms with E-state index in [-0.39, 0.29) is 11.6 Å². The molecular formula is C20H40O4. The third-order valence-electron chi connectivity index (χ3n) is 3.79. The highest BCUT2D eigenvalue weighted by molar-refractivity contribution is 5.69. The third-order valence-corrected chi connectivity index (χ3v) is 3.79. The van der Waals surface area contributed by atoms with Gasteiger partial charge in [-0.1, -0.05) is 44.9 Å². The predicted molar refractivity (Wildman–Crippen MR) is 99.2 cm³/mol. The van der Waals surface area contributed by atoms with Gasteiger partial charge >= 0.3 is 5.97 Å². The molecule has 0 aromatic carbocycles. The van der Waals surface area contributed by atoms with Crippen molar-refractivity contribution >= 4 is 5.97 Å². The Kier molecular flexibility index (Phi) is 15.5. The average Bonchev–Trinajstić information content (AvgIpc) is 2.49. The highest BCUT2D eigenvalue weighted by atomic mass is 16.6. The summed E-state index contributed by atoms with van der Waals surface area (Å²) < 4.78 is 10.9. The number of aliphatic hydroxyl groups excluding tert-OH is 1. The maximum absolute atomic E-state index is 11.5. The van der Waals surface area contributed by atoms with Crippen LogP contribution in [0.2, 0.25) is 0 Å². The van der Waals surface area contributed by atoms with Crippen molar-refractivity contribution in [1.82, 2.24) is 0 Å². The number of aliphatic hydroxyl groups is 1. The summed E-state index contributed by atoms with van der Waals surface area (Å²) in [6.07, 6.45) is 12.9. The first-order valence-electron chi connectivity index (χ1n) is 9.86. The van der Waals surface area contributed by atoms with Gasteiger partial charge < -0.3 is 14.6 Å². The van der Waals surface area contributed by atoms with Gasteiger partial charge in [-0.05, 0) is 46.5 Å². The summed E-state index contributed by atoms with van der Waals surface area (Å²) in [5.74, 6) is -0.0766. The molecule has 144 valence electrons. The zero-order valence-electron chi connectivity index (χ0n) is 16.3. The van der Waals surface area contributed by atoms with Gasteiger partial charge in [0.2, 0.25) is 0 Å². The van der Waals surface area contributed by atoms with Gasteiger partial charge in [0.05, 0.1) is 0 Å². The van der Waals surface area contributed by atoms with Crippen LogP contribution in [0.5, 0.6) is 0 Å². The van der Waals surface area contributed by atoms with Crippen molar-refractivity contribution in [2.24, 2.45) is 0 Å². The lowest BCUT2D eigenvalue weighted by Crippen LogP contribution is -2.23. The van der Waals surface area contributed by atoms with Gasteiger partial charge in [-0.15, -0.1) is 0 Å². The van der Waals surface area contributed by atoms with Crippen molar-refractivity contribution < 1.29 is 19.4 Å². The first-order valence-corrected chi connectivity index (χ1v) is 9.86. The minimum atomic E-state index is -0.365. The molecule has 0 aromatic heterocycles. The molecular weight excluding hydrogens is 304 g/mol. The van der Waals surface area contributed by atoms with Crippen LogP contribution in [0.4, 0.5) is 0 Å². The average molecular weight is 345 g/mol. The molecule has 0 saturated heterocycles. The Labute approximate surface area is 149 Å². The molecule has 0 radical (unpaired) electrons. The molecule has 0 aliphatic rings. The number of hydrogen-bond donors (Lipinski definition) is 1. The third kappa shape index (κ3) is 19.4. The largest absolute Gasteiger partial charge is 0.460 e. The maximum atomic E-state index is 11.5. The Hall–Kier alpha value is -0.610. The Balaban J connectivity index is 3.14. The van der Waals surface area contributed by atoms with Crippen LogP contribution in [0.1, 0.15) is 97.8 Å². The van der Waals surface area contributed by atoms with Crippen LogP contribution in [0, 0.1) is 0 Å². The van der Waals surface area contributed by atoms with E-state index in [9.17, 15) is 4.79 Å². The lowest BCUT2D eigenvalue weighted by molar-refractivity contribution is -0.154. The highest BCUT2D eigenvalue weighted by Gasteiger charge is 2.15. The quantitative estimate of drug-likeness (QED) is 0.315. The van der Waals surface area contributed by atoms with E-state index in [1.165, 1.54) is 32.1 Å². The van der Waals surface area contributed by atoms with E-state index in [0.717, 1.165) is 51.7 Å². The Bertz CT molecular complexity index is 284. The zero-order valence-corrected chi connectivity index (χ0v) is 16.3. The molecule has 0 rings (SSSR count). The number of carbonyl (C=O) groups excluding carboxylic acids is 1. The van der Waals surface area contributed by atoms with Gasteiger partial charge in [-0.3, -0.25) is 4.79 Å². The number of carbonyl (C=O) groups is 1. The second-order valence-electron chi connectivity index (χ2n) is 7.56. The lowest BCUT2D eigenvalue weighted by atomic mass is 10.1. The van der Waals surface area contributed by atoms with Gasteiger partial charge in [0.1, 0.15) is 5.60 Å². The number of rotatable bonds is 16. The molecule has 1 N–H and O–H groups in total. The Morgan fingerprint density at radius 3 is 1.71 bits per heavy atom. The molecule has 0 aromatic rings. The molecule has 0 unspecified atom stereocenters. The van der Waals surface area contributed by atoms with Crippen LogP contribution in [0.25, 0.3) is 0 Å². The van der Waals surface area contributed by atoms with Crippen molar-refractivity contribution in [3.63, 3.8) is 0 Å². The first-order chi connectivity index (χ1) is 11.5. The first kappa shape index (κ1) is 23.4. The fourth-order valence-electron chi connectivity index (χ4n) is 2.52. The molecule has 0 bridgehead atoms. The standard InChI is InChI=1S/C20H40O4/c1-20(2,3)24-19(22)15-11-7-4-5-9-13-17-23-18-14-10-6-8-12-16-21/h21H,4-18H2,1-3H3. The summed E-state index contributed by atoms with van der Waals surface area (Å²) in [5.41, 5.74) is -0.365. The van der Waals surface area contributed by atoms with Crippen LogP contribution >= 0.6 is 0 Å². The second kappa shape index (κ2) is 15.9. The Morgan fingerprint density at radius 2 is 1.21 bits per heavy atom. The molecule has 0 spiro atoms. The topological polar surface area (TPSA) is 55.8 Å². The van der Waals surface area contributed by atoms with Gasteiger partial charge in [0.25, 0.3) is 0 Å². The van der Waals surface area contributed by atoms with Crippen LogP contribution < -0.4 is 0 Å². The van der Waals surface area contributed by atoms with Crippen LogP contribution in [-0.4, -0.2) is 36.5 Å². The predicted octanol–water partition coefficient (Wildman–Crippen LogP) is 5.02. The van der Waals surface area contributed by atoms with Gasteiger partial charge in [0.15, 0.2) is 0 Å². The monoisotopic (exact) mass is 344 g/mol. The fourth-order valence-corrected chi connectivity index (χ4v) is 2.52. The summed E-state index contributed by atoms with van der Waals surface area (Å²) in [7, 11) is 0. The van der Waals surface area contributed by atoms with E-state index >= 15 is 0 Å². The maximum Gasteiger partial charge on any atom is 0.306 e. The number of ether oxygens (including phenoxy) is 2. The zero-order chi connectivity index (χ0) is 18.1. The molecule has 24 heavy (non-hydrogen) atoms. The van der Waals surface area contributed by atoms with Crippen molar-refractivity contribution in [3.05, 3.63) is 0 Å². The van der Waals surface area contributed by atoms with Gasteiger partial charge in [-0.2, -0.15) is 0 Å². The number of esters is 1. The molecule has 0 aliphatic heterocycles. The lowest BCUT2D eigenvalue weighted by Gasteiger charge is -2.19. The molecule has 4 nitrogen and oxygen atoms in total. The van der Waals surface area contributed by atoms with Gasteiger partial charge in [0, 0.05) is 26.2 Å². The normalized spacial score (nSPS) is 11.7. The highest BCUT2D eigenvalue weighted by Crippen LogP contribution is 2.12. The van der Waals surface area contributed by atoms with E-state index in [0.29, 0.717) is 13.0 Å². The van der Waals surface area contributed by atoms with E-state index in [2.05, 4.69) is 0 Å². The molecule has 0 amide bonds. The summed E-state index contributed by atoms with van der Waals surface area (Å²) in [4.78, 5) is 11.5. The molecule has 0 heterocycles. The minimum Gasteiger partial charge on any atom is -0.460 e. The Morgan fingerprint density at radius 1 is 0.750 bits per heavy atom. The number of unbranched alkanes of at least 4 members (excludes halogenated alkanes) is 9. The summed E-state index contributed by atoms with van der Waals surface area (Å²) >= 11 is 0. The van der Waals surface area contributed by atoms with E-state index in [1.54, 1.807) is 0 Å². The number of hydrogen-bond acceptors (Lipinski definition) is 4. The summed E-state index contributed by atoms with van der Waals surface area (Å²) in [5, 5.41) is 8.68. The fraction of sp³-hybridized carbons (Fsp3) is 0.950. The van der Waals surface area contributed by atoms with E-state index in [1.807, 2.05) is 20.8 Å².